The first-order valence-electron chi connectivity index (χ1n) is 9.81. The molecule has 2 atom stereocenters. The van der Waals surface area contributed by atoms with Gasteiger partial charge in [0.15, 0.2) is 0 Å². The van der Waals surface area contributed by atoms with Crippen LogP contribution in [0.15, 0.2) is 4.52 Å². The number of carbonyl (C=O) groups excluding carboxylic acids is 2. The highest BCUT2D eigenvalue weighted by atomic mass is 16.6. The van der Waals surface area contributed by atoms with Crippen molar-refractivity contribution in [3.63, 3.8) is 0 Å². The molecular weight excluding hydrogens is 334 g/mol. The largest absolute Gasteiger partial charge is 0.447 e. The number of amides is 1. The van der Waals surface area contributed by atoms with Crippen LogP contribution in [-0.4, -0.2) is 34.2 Å². The normalized spacial score (nSPS) is 17.5. The van der Waals surface area contributed by atoms with Gasteiger partial charge in [-0.25, -0.2) is 4.79 Å². The van der Waals surface area contributed by atoms with Gasteiger partial charge < -0.3 is 14.6 Å². The van der Waals surface area contributed by atoms with Crippen LogP contribution in [0.3, 0.4) is 0 Å². The summed E-state index contributed by atoms with van der Waals surface area (Å²) >= 11 is 0. The van der Waals surface area contributed by atoms with E-state index < -0.39 is 12.1 Å². The Morgan fingerprint density at radius 1 is 1.31 bits per heavy atom. The Labute approximate surface area is 155 Å². The first-order valence-corrected chi connectivity index (χ1v) is 9.81. The predicted molar refractivity (Wildman–Crippen MR) is 96.9 cm³/mol. The highest BCUT2D eigenvalue weighted by Gasteiger charge is 2.27. The van der Waals surface area contributed by atoms with E-state index in [9.17, 15) is 9.59 Å². The Morgan fingerprint density at radius 3 is 2.65 bits per heavy atom. The molecule has 1 N–H and O–H groups in total. The van der Waals surface area contributed by atoms with Gasteiger partial charge in [0, 0.05) is 6.92 Å². The van der Waals surface area contributed by atoms with E-state index >= 15 is 0 Å². The molecule has 1 saturated carbocycles. The van der Waals surface area contributed by atoms with E-state index in [1.54, 1.807) is 6.92 Å². The number of nitrogens with zero attached hydrogens (tertiary/aromatic N) is 2. The Balaban J connectivity index is 1.87. The van der Waals surface area contributed by atoms with Crippen LogP contribution in [0.4, 0.5) is 4.79 Å². The Morgan fingerprint density at radius 2 is 2.04 bits per heavy atom. The number of unbranched alkanes of at least 4 members (excludes halogenated alkanes) is 1. The van der Waals surface area contributed by atoms with Crippen molar-refractivity contribution in [2.45, 2.75) is 90.7 Å². The summed E-state index contributed by atoms with van der Waals surface area (Å²) < 4.78 is 10.4. The minimum Gasteiger partial charge on any atom is -0.447 e. The van der Waals surface area contributed by atoms with E-state index in [0.717, 1.165) is 19.3 Å². The monoisotopic (exact) mass is 365 g/mol. The molecule has 0 radical (unpaired) electrons. The molecule has 1 aliphatic carbocycles. The van der Waals surface area contributed by atoms with E-state index in [1.807, 2.05) is 13.8 Å². The summed E-state index contributed by atoms with van der Waals surface area (Å²) in [6, 6.07) is -0.693. The summed E-state index contributed by atoms with van der Waals surface area (Å²) in [5, 5.41) is 6.36. The fraction of sp³-hybridized carbons (Fsp3) is 0.789. The molecule has 0 saturated heterocycles. The lowest BCUT2D eigenvalue weighted by molar-refractivity contribution is 0.0772. The summed E-state index contributed by atoms with van der Waals surface area (Å²) in [5.74, 6) is 0.615. The van der Waals surface area contributed by atoms with Gasteiger partial charge in [-0.05, 0) is 25.7 Å². The first-order chi connectivity index (χ1) is 12.5. The molecule has 0 unspecified atom stereocenters. The highest BCUT2D eigenvalue weighted by molar-refractivity contribution is 5.98. The average molecular weight is 365 g/mol. The zero-order valence-corrected chi connectivity index (χ0v) is 16.1. The van der Waals surface area contributed by atoms with Crippen LogP contribution in [0.1, 0.15) is 88.1 Å². The maximum Gasteiger partial charge on any atom is 0.407 e. The van der Waals surface area contributed by atoms with Gasteiger partial charge in [0.2, 0.25) is 17.5 Å². The quantitative estimate of drug-likeness (QED) is 0.659. The zero-order chi connectivity index (χ0) is 18.9. The summed E-state index contributed by atoms with van der Waals surface area (Å²) in [7, 11) is 0. The molecule has 7 nitrogen and oxygen atoms in total. The van der Waals surface area contributed by atoms with E-state index in [0.29, 0.717) is 18.2 Å². The summed E-state index contributed by atoms with van der Waals surface area (Å²) in [6.07, 6.45) is 8.69. The van der Waals surface area contributed by atoms with Crippen LogP contribution < -0.4 is 5.32 Å². The number of Topliss-reactive ketones (excluding diaryl/α,β-unsaturated/α-hetero) is 1. The molecule has 146 valence electrons. The second kappa shape index (κ2) is 10.3. The van der Waals surface area contributed by atoms with Crippen LogP contribution in [0.25, 0.3) is 0 Å². The number of nitrogens with one attached hydrogen (secondary N) is 1. The number of aromatic nitrogens is 2. The molecule has 1 fully saturated rings. The highest BCUT2D eigenvalue weighted by Crippen LogP contribution is 2.28. The molecule has 1 heterocycles. The van der Waals surface area contributed by atoms with Gasteiger partial charge in [-0.3, -0.25) is 4.79 Å². The lowest BCUT2D eigenvalue weighted by atomic mass is 9.86. The third-order valence-electron chi connectivity index (χ3n) is 4.90. The van der Waals surface area contributed by atoms with Gasteiger partial charge in [0.1, 0.15) is 6.10 Å². The van der Waals surface area contributed by atoms with Crippen molar-refractivity contribution >= 4 is 11.9 Å². The van der Waals surface area contributed by atoms with Gasteiger partial charge in [0.25, 0.3) is 0 Å². The molecule has 7 heteroatoms. The summed E-state index contributed by atoms with van der Waals surface area (Å²) in [4.78, 5) is 28.8. The minimum absolute atomic E-state index is 0.000780. The maximum absolute atomic E-state index is 12.5. The van der Waals surface area contributed by atoms with Crippen molar-refractivity contribution in [2.24, 2.45) is 5.92 Å². The van der Waals surface area contributed by atoms with Crippen LogP contribution in [0.2, 0.25) is 0 Å². The molecular formula is C19H31N3O4. The molecule has 0 aromatic carbocycles. The number of aryl methyl sites for hydroxylation is 1. The topological polar surface area (TPSA) is 94.3 Å². The summed E-state index contributed by atoms with van der Waals surface area (Å²) in [6.45, 7) is 5.57. The van der Waals surface area contributed by atoms with Crippen molar-refractivity contribution in [3.05, 3.63) is 11.7 Å². The van der Waals surface area contributed by atoms with Gasteiger partial charge in [-0.15, -0.1) is 0 Å². The Hall–Kier alpha value is -1.92. The smallest absolute Gasteiger partial charge is 0.407 e. The molecule has 1 aromatic rings. The predicted octanol–water partition coefficient (Wildman–Crippen LogP) is 4.20. The molecule has 26 heavy (non-hydrogen) atoms. The van der Waals surface area contributed by atoms with Crippen molar-refractivity contribution in [1.29, 1.82) is 0 Å². The summed E-state index contributed by atoms with van der Waals surface area (Å²) in [5.41, 5.74) is 0. The van der Waals surface area contributed by atoms with Gasteiger partial charge >= 0.3 is 6.09 Å². The third-order valence-corrected chi connectivity index (χ3v) is 4.90. The second-order valence-electron chi connectivity index (χ2n) is 7.30. The number of rotatable bonds is 9. The first kappa shape index (κ1) is 20.4. The number of carbonyl (C=O) groups is 2. The number of hydrogen-bond acceptors (Lipinski definition) is 6. The van der Waals surface area contributed by atoms with E-state index in [2.05, 4.69) is 15.5 Å². The second-order valence-corrected chi connectivity index (χ2v) is 7.30. The van der Waals surface area contributed by atoms with Crippen LogP contribution in [0.5, 0.6) is 0 Å². The van der Waals surface area contributed by atoms with Crippen molar-refractivity contribution < 1.29 is 18.8 Å². The molecule has 0 aliphatic heterocycles. The lowest BCUT2D eigenvalue weighted by Gasteiger charge is -2.25. The van der Waals surface area contributed by atoms with Crippen LogP contribution in [0, 0.1) is 12.8 Å². The van der Waals surface area contributed by atoms with E-state index in [4.69, 9.17) is 9.26 Å². The standard InChI is InChI=1S/C19H31N3O4/c1-4-5-11-16(17(23)18-20-14(3)26-22-18)21-19(24)25-13(2)12-15-9-7-6-8-10-15/h13,15-16H,4-12H2,1-3H3,(H,21,24)/t13-,16-/m0/s1. The van der Waals surface area contributed by atoms with E-state index in [1.165, 1.54) is 32.1 Å². The minimum atomic E-state index is -0.693. The molecule has 0 bridgehead atoms. The van der Waals surface area contributed by atoms with Gasteiger partial charge in [0.05, 0.1) is 6.04 Å². The van der Waals surface area contributed by atoms with Gasteiger partial charge in [-0.1, -0.05) is 57.0 Å². The maximum atomic E-state index is 12.5. The fourth-order valence-electron chi connectivity index (χ4n) is 3.53. The SMILES string of the molecule is CCCC[C@H](NC(=O)O[C@@H](C)CC1CCCCC1)C(=O)c1noc(C)n1. The lowest BCUT2D eigenvalue weighted by Crippen LogP contribution is -2.42. The molecule has 2 rings (SSSR count). The van der Waals surface area contributed by atoms with Crippen LogP contribution >= 0.6 is 0 Å². The molecule has 1 amide bonds. The number of ketones is 1. The number of ether oxygens (including phenoxy) is 1. The molecule has 1 aliphatic rings. The van der Waals surface area contributed by atoms with Crippen LogP contribution in [-0.2, 0) is 4.74 Å². The Bertz CT molecular complexity index is 581. The van der Waals surface area contributed by atoms with Gasteiger partial charge in [-0.2, -0.15) is 4.98 Å². The molecule has 1 aromatic heterocycles. The fourth-order valence-corrected chi connectivity index (χ4v) is 3.53. The van der Waals surface area contributed by atoms with E-state index in [-0.39, 0.29) is 17.7 Å². The zero-order valence-electron chi connectivity index (χ0n) is 16.1. The average Bonchev–Trinajstić information content (AvgIpc) is 3.05. The van der Waals surface area contributed by atoms with Crippen molar-refractivity contribution in [2.75, 3.05) is 0 Å². The number of alkyl carbamates (subject to hydrolysis) is 1. The van der Waals surface area contributed by atoms with Crippen molar-refractivity contribution in [3.8, 4) is 0 Å². The third kappa shape index (κ3) is 6.42. The molecule has 0 spiro atoms. The number of hydrogen-bond donors (Lipinski definition) is 1. The Kier molecular flexibility index (Phi) is 8.06. The van der Waals surface area contributed by atoms with Crippen molar-refractivity contribution in [1.82, 2.24) is 15.5 Å².